The molecule has 2 N–H and O–H groups in total. The summed E-state index contributed by atoms with van der Waals surface area (Å²) in [6.45, 7) is 2.03. The zero-order chi connectivity index (χ0) is 27.9. The minimum atomic E-state index is -0.306. The van der Waals surface area contributed by atoms with Gasteiger partial charge >= 0.3 is 5.69 Å². The van der Waals surface area contributed by atoms with E-state index in [-0.39, 0.29) is 23.6 Å². The van der Waals surface area contributed by atoms with Crippen LogP contribution in [-0.4, -0.2) is 37.7 Å². The highest BCUT2D eigenvalue weighted by atomic mass is 32.2. The summed E-state index contributed by atoms with van der Waals surface area (Å²) in [5.41, 5.74) is 4.79. The molecule has 1 aliphatic carbocycles. The Hall–Kier alpha value is -4.22. The molecule has 0 spiro atoms. The van der Waals surface area contributed by atoms with Crippen LogP contribution in [0.25, 0.3) is 16.2 Å². The van der Waals surface area contributed by atoms with Crippen molar-refractivity contribution < 1.29 is 9.59 Å². The Morgan fingerprint density at radius 3 is 2.70 bits per heavy atom. The van der Waals surface area contributed by atoms with Gasteiger partial charge in [-0.25, -0.2) is 19.3 Å². The Morgan fingerprint density at radius 2 is 1.93 bits per heavy atom. The topological polar surface area (TPSA) is 111 Å². The van der Waals surface area contributed by atoms with Gasteiger partial charge in [0.25, 0.3) is 0 Å². The molecule has 0 saturated heterocycles. The predicted octanol–water partition coefficient (Wildman–Crippen LogP) is 4.63. The van der Waals surface area contributed by atoms with Crippen LogP contribution < -0.4 is 16.3 Å². The summed E-state index contributed by atoms with van der Waals surface area (Å²) < 4.78 is 3.05. The molecule has 2 amide bonds. The average Bonchev–Trinajstić information content (AvgIpc) is 3.63. The second-order valence-corrected chi connectivity index (χ2v) is 11.6. The normalized spacial score (nSPS) is 16.1. The number of rotatable bonds is 8. The van der Waals surface area contributed by atoms with E-state index in [1.165, 1.54) is 33.2 Å². The number of benzene rings is 2. The van der Waals surface area contributed by atoms with Crippen LogP contribution in [0, 0.1) is 0 Å². The fourth-order valence-electron chi connectivity index (χ4n) is 5.53. The zero-order valence-corrected chi connectivity index (χ0v) is 23.5. The third-order valence-corrected chi connectivity index (χ3v) is 8.92. The minimum Gasteiger partial charge on any atom is -0.325 e. The van der Waals surface area contributed by atoms with Gasteiger partial charge in [-0.15, -0.1) is 23.1 Å². The number of pyridine rings is 1. The Bertz CT molecular complexity index is 1820. The van der Waals surface area contributed by atoms with E-state index in [1.54, 1.807) is 10.8 Å². The molecular formula is C29H26N6O3S2. The Kier molecular flexibility index (Phi) is 6.77. The van der Waals surface area contributed by atoms with E-state index in [0.29, 0.717) is 34.1 Å². The smallest absolute Gasteiger partial charge is 0.325 e. The lowest BCUT2D eigenvalue weighted by Gasteiger charge is -2.26. The van der Waals surface area contributed by atoms with Gasteiger partial charge in [-0.3, -0.25) is 14.2 Å². The standard InChI is InChI=1S/C29H26N6O3S2/c1-29(21-6-5-11-30-26(21)31-17-36)13-18-9-10-20(12-19(18)14-29)32-24(37)15-34-22-7-3-4-8-23(22)35(28(34)38)27-33-25(39-2)16-40-27/h3-12,16-17H,13-15H2,1-2H3,(H,32,37)(H,30,31,36). The van der Waals surface area contributed by atoms with Crippen LogP contribution in [0.5, 0.6) is 0 Å². The van der Waals surface area contributed by atoms with Crippen molar-refractivity contribution in [1.82, 2.24) is 19.1 Å². The zero-order valence-electron chi connectivity index (χ0n) is 21.9. The van der Waals surface area contributed by atoms with Crippen LogP contribution in [0.1, 0.15) is 23.6 Å². The van der Waals surface area contributed by atoms with Gasteiger partial charge in [0, 0.05) is 28.2 Å². The molecular weight excluding hydrogens is 544 g/mol. The average molecular weight is 571 g/mol. The van der Waals surface area contributed by atoms with E-state index in [1.807, 2.05) is 66.2 Å². The molecule has 202 valence electrons. The van der Waals surface area contributed by atoms with Gasteiger partial charge in [0.05, 0.1) is 11.0 Å². The van der Waals surface area contributed by atoms with Gasteiger partial charge < -0.3 is 10.6 Å². The maximum atomic E-state index is 13.5. The molecule has 3 aromatic heterocycles. The highest BCUT2D eigenvalue weighted by Crippen LogP contribution is 2.42. The molecule has 0 saturated carbocycles. The summed E-state index contributed by atoms with van der Waals surface area (Å²) in [6.07, 6.45) is 5.78. The molecule has 9 nitrogen and oxygen atoms in total. The molecule has 3 heterocycles. The Balaban J connectivity index is 1.24. The summed E-state index contributed by atoms with van der Waals surface area (Å²) in [5.74, 6) is 0.271. The highest BCUT2D eigenvalue weighted by molar-refractivity contribution is 7.98. The molecule has 0 bridgehead atoms. The van der Waals surface area contributed by atoms with Crippen molar-refractivity contribution in [2.24, 2.45) is 0 Å². The molecule has 40 heavy (non-hydrogen) atoms. The van der Waals surface area contributed by atoms with E-state index in [4.69, 9.17) is 0 Å². The molecule has 1 aliphatic rings. The Morgan fingerprint density at radius 1 is 1.12 bits per heavy atom. The molecule has 0 radical (unpaired) electrons. The molecule has 1 unspecified atom stereocenters. The van der Waals surface area contributed by atoms with E-state index >= 15 is 0 Å². The number of amides is 2. The summed E-state index contributed by atoms with van der Waals surface area (Å²) in [4.78, 5) is 46.7. The van der Waals surface area contributed by atoms with Crippen LogP contribution in [-0.2, 0) is 34.4 Å². The van der Waals surface area contributed by atoms with Gasteiger partial charge in [0.1, 0.15) is 17.4 Å². The van der Waals surface area contributed by atoms with Gasteiger partial charge in [0.15, 0.2) is 5.13 Å². The van der Waals surface area contributed by atoms with Gasteiger partial charge in [-0.2, -0.15) is 0 Å². The SMILES string of the molecule is CSc1csc(-n2c(=O)n(CC(=O)Nc3ccc4c(c3)CC(C)(c3cccnc3NC=O)C4)c3ccccc32)n1. The maximum absolute atomic E-state index is 13.5. The number of fused-ring (bicyclic) bond motifs is 2. The minimum absolute atomic E-state index is 0.127. The summed E-state index contributed by atoms with van der Waals surface area (Å²) in [5, 5.41) is 9.03. The molecule has 11 heteroatoms. The summed E-state index contributed by atoms with van der Waals surface area (Å²) in [6, 6.07) is 17.2. The van der Waals surface area contributed by atoms with Crippen molar-refractivity contribution in [3.8, 4) is 5.13 Å². The van der Waals surface area contributed by atoms with Crippen LogP contribution in [0.15, 0.2) is 76.0 Å². The van der Waals surface area contributed by atoms with E-state index in [2.05, 4.69) is 27.5 Å². The third-order valence-electron chi connectivity index (χ3n) is 7.31. The second kappa shape index (κ2) is 10.4. The third kappa shape index (κ3) is 4.61. The number of thiazole rings is 1. The first-order valence-corrected chi connectivity index (χ1v) is 14.8. The number of imidazole rings is 1. The van der Waals surface area contributed by atoms with Crippen molar-refractivity contribution in [3.05, 3.63) is 93.3 Å². The largest absolute Gasteiger partial charge is 0.336 e. The van der Waals surface area contributed by atoms with Gasteiger partial charge in [-0.05, 0) is 60.6 Å². The summed E-state index contributed by atoms with van der Waals surface area (Å²) in [7, 11) is 0. The lowest BCUT2D eigenvalue weighted by Crippen LogP contribution is -2.28. The number of hydrogen-bond donors (Lipinski definition) is 2. The second-order valence-electron chi connectivity index (χ2n) is 9.97. The first-order chi connectivity index (χ1) is 19.4. The molecule has 0 fully saturated rings. The quantitative estimate of drug-likeness (QED) is 0.208. The highest BCUT2D eigenvalue weighted by Gasteiger charge is 2.36. The van der Waals surface area contributed by atoms with Crippen molar-refractivity contribution in [1.29, 1.82) is 0 Å². The van der Waals surface area contributed by atoms with Crippen LogP contribution >= 0.6 is 23.1 Å². The number of anilines is 2. The van der Waals surface area contributed by atoms with Crippen molar-refractivity contribution >= 4 is 58.0 Å². The number of hydrogen-bond acceptors (Lipinski definition) is 7. The van der Waals surface area contributed by atoms with Crippen LogP contribution in [0.3, 0.4) is 0 Å². The number of aromatic nitrogens is 4. The first-order valence-electron chi connectivity index (χ1n) is 12.7. The molecule has 0 aliphatic heterocycles. The first kappa shape index (κ1) is 26.0. The van der Waals surface area contributed by atoms with Crippen molar-refractivity contribution in [2.75, 3.05) is 16.9 Å². The fraction of sp³-hybridized carbons (Fsp3) is 0.207. The number of thioether (sulfide) groups is 1. The Labute approximate surface area is 238 Å². The summed E-state index contributed by atoms with van der Waals surface area (Å²) >= 11 is 2.91. The number of nitrogens with one attached hydrogen (secondary N) is 2. The van der Waals surface area contributed by atoms with Gasteiger partial charge in [-0.1, -0.05) is 31.2 Å². The lowest BCUT2D eigenvalue weighted by atomic mass is 9.80. The predicted molar refractivity (Wildman–Crippen MR) is 159 cm³/mol. The van der Waals surface area contributed by atoms with Gasteiger partial charge in [0.2, 0.25) is 12.3 Å². The molecule has 2 aromatic carbocycles. The van der Waals surface area contributed by atoms with Crippen LogP contribution in [0.4, 0.5) is 11.5 Å². The number of para-hydroxylation sites is 2. The number of carbonyl (C=O) groups excluding carboxylic acids is 2. The van der Waals surface area contributed by atoms with E-state index < -0.39 is 0 Å². The molecule has 6 rings (SSSR count). The molecule has 5 aromatic rings. The fourth-order valence-corrected chi connectivity index (χ4v) is 6.99. The van der Waals surface area contributed by atoms with E-state index in [0.717, 1.165) is 29.0 Å². The number of nitrogens with zero attached hydrogens (tertiary/aromatic N) is 4. The van der Waals surface area contributed by atoms with Crippen LogP contribution in [0.2, 0.25) is 0 Å². The van der Waals surface area contributed by atoms with Crippen molar-refractivity contribution in [2.45, 2.75) is 36.8 Å². The van der Waals surface area contributed by atoms with Crippen molar-refractivity contribution in [3.63, 3.8) is 0 Å². The monoisotopic (exact) mass is 570 g/mol. The number of carbonyl (C=O) groups is 2. The molecule has 1 atom stereocenters. The maximum Gasteiger partial charge on any atom is 0.336 e. The lowest BCUT2D eigenvalue weighted by molar-refractivity contribution is -0.116. The van der Waals surface area contributed by atoms with E-state index in [9.17, 15) is 14.4 Å².